The molecule has 4 N–H and O–H groups in total. The van der Waals surface area contributed by atoms with Crippen LogP contribution in [-0.4, -0.2) is 16.8 Å². The highest BCUT2D eigenvalue weighted by atomic mass is 32.2. The molecule has 1 radical (unpaired) electrons. The first-order valence-electron chi connectivity index (χ1n) is 4.90. The van der Waals surface area contributed by atoms with Gasteiger partial charge in [-0.2, -0.15) is 0 Å². The van der Waals surface area contributed by atoms with Gasteiger partial charge in [0.25, 0.3) is 0 Å². The summed E-state index contributed by atoms with van der Waals surface area (Å²) in [4.78, 5) is -0.410. The molecular formula is C10H9N2O4S3. The first-order valence-corrected chi connectivity index (χ1v) is 8.40. The van der Waals surface area contributed by atoms with Gasteiger partial charge in [0, 0.05) is 10.3 Å². The third kappa shape index (κ3) is 2.69. The van der Waals surface area contributed by atoms with Gasteiger partial charge in [0.1, 0.15) is 0 Å². The fourth-order valence-electron chi connectivity index (χ4n) is 1.72. The van der Waals surface area contributed by atoms with Gasteiger partial charge in [0.05, 0.1) is 9.79 Å². The molecule has 0 unspecified atom stereocenters. The second-order valence-electron chi connectivity index (χ2n) is 3.87. The Morgan fingerprint density at radius 3 is 2.11 bits per heavy atom. The summed E-state index contributed by atoms with van der Waals surface area (Å²) in [5.74, 6) is 0. The molecule has 101 valence electrons. The Morgan fingerprint density at radius 2 is 1.58 bits per heavy atom. The van der Waals surface area contributed by atoms with Crippen LogP contribution in [0.25, 0.3) is 10.8 Å². The molecule has 0 aliphatic carbocycles. The number of benzene rings is 2. The van der Waals surface area contributed by atoms with E-state index < -0.39 is 20.0 Å². The molecule has 0 aromatic heterocycles. The average Bonchev–Trinajstić information content (AvgIpc) is 2.25. The predicted octanol–water partition coefficient (Wildman–Crippen LogP) is 0.691. The average molecular weight is 317 g/mol. The van der Waals surface area contributed by atoms with Crippen LogP contribution in [0.4, 0.5) is 0 Å². The second-order valence-corrected chi connectivity index (χ2v) is 7.40. The maximum absolute atomic E-state index is 11.6. The van der Waals surface area contributed by atoms with Crippen molar-refractivity contribution in [3.05, 3.63) is 30.3 Å². The van der Waals surface area contributed by atoms with E-state index in [0.29, 0.717) is 5.39 Å². The Hall–Kier alpha value is -1.26. The van der Waals surface area contributed by atoms with Gasteiger partial charge < -0.3 is 0 Å². The first kappa shape index (κ1) is 14.2. The lowest BCUT2D eigenvalue weighted by Gasteiger charge is -2.09. The van der Waals surface area contributed by atoms with Crippen LogP contribution in [0, 0.1) is 0 Å². The minimum absolute atomic E-state index is 0.215. The summed E-state index contributed by atoms with van der Waals surface area (Å²) in [5.41, 5.74) is 0. The first-order chi connectivity index (χ1) is 8.60. The number of primary sulfonamides is 2. The van der Waals surface area contributed by atoms with E-state index in [0.717, 1.165) is 6.07 Å². The Kier molecular flexibility index (Phi) is 3.27. The SMILES string of the molecule is NS(=O)(=O)c1cc(S(N)(=O)=O)c2c([S])cccc2c1. The maximum Gasteiger partial charge on any atom is 0.238 e. The summed E-state index contributed by atoms with van der Waals surface area (Å²) in [7, 11) is -8.17. The van der Waals surface area contributed by atoms with Crippen molar-refractivity contribution in [1.82, 2.24) is 0 Å². The van der Waals surface area contributed by atoms with Crippen LogP contribution in [-0.2, 0) is 20.0 Å². The molecule has 0 bridgehead atoms. The van der Waals surface area contributed by atoms with Crippen molar-refractivity contribution in [2.24, 2.45) is 10.3 Å². The molecule has 2 aromatic rings. The zero-order valence-electron chi connectivity index (χ0n) is 9.40. The standard InChI is InChI=1S/C10H9N2O4S3/c11-18(13,14)7-4-6-2-1-3-8(17)10(6)9(5-7)19(12,15)16/h1-5H,(H2,11,13,14)(H2,12,15,16). The smallest absolute Gasteiger partial charge is 0.225 e. The van der Waals surface area contributed by atoms with E-state index in [4.69, 9.17) is 22.9 Å². The van der Waals surface area contributed by atoms with Crippen molar-refractivity contribution >= 4 is 43.4 Å². The molecule has 19 heavy (non-hydrogen) atoms. The van der Waals surface area contributed by atoms with Crippen LogP contribution in [0.15, 0.2) is 45.0 Å². The van der Waals surface area contributed by atoms with E-state index in [-0.39, 0.29) is 20.1 Å². The van der Waals surface area contributed by atoms with E-state index >= 15 is 0 Å². The molecule has 0 aliphatic heterocycles. The van der Waals surface area contributed by atoms with Crippen LogP contribution in [0.3, 0.4) is 0 Å². The minimum Gasteiger partial charge on any atom is -0.225 e. The van der Waals surface area contributed by atoms with Gasteiger partial charge in [0.15, 0.2) is 0 Å². The highest BCUT2D eigenvalue weighted by Crippen LogP contribution is 2.30. The predicted molar refractivity (Wildman–Crippen MR) is 72.6 cm³/mol. The number of nitrogens with two attached hydrogens (primary N) is 2. The Bertz CT molecular complexity index is 873. The van der Waals surface area contributed by atoms with E-state index in [1.54, 1.807) is 6.07 Å². The van der Waals surface area contributed by atoms with Gasteiger partial charge in [-0.3, -0.25) is 0 Å². The molecule has 9 heteroatoms. The zero-order valence-corrected chi connectivity index (χ0v) is 11.8. The molecule has 0 heterocycles. The molecule has 0 fully saturated rings. The summed E-state index contributed by atoms with van der Waals surface area (Å²) in [6.45, 7) is 0. The van der Waals surface area contributed by atoms with Gasteiger partial charge in [-0.05, 0) is 23.6 Å². The topological polar surface area (TPSA) is 120 Å². The molecule has 0 saturated heterocycles. The van der Waals surface area contributed by atoms with E-state index in [1.807, 2.05) is 0 Å². The Morgan fingerprint density at radius 1 is 0.947 bits per heavy atom. The molecule has 0 atom stereocenters. The highest BCUT2D eigenvalue weighted by molar-refractivity contribution is 7.90. The molecule has 0 amide bonds. The third-order valence-corrected chi connectivity index (χ3v) is 4.68. The Labute approximate surface area is 115 Å². The largest absolute Gasteiger partial charge is 0.238 e. The zero-order chi connectivity index (χ0) is 14.4. The molecule has 0 saturated carbocycles. The van der Waals surface area contributed by atoms with Crippen LogP contribution in [0.1, 0.15) is 0 Å². The summed E-state index contributed by atoms with van der Waals surface area (Å²) in [5, 5.41) is 10.7. The van der Waals surface area contributed by atoms with E-state index in [9.17, 15) is 16.8 Å². The summed E-state index contributed by atoms with van der Waals surface area (Å²) in [6, 6.07) is 6.83. The number of sulfonamides is 2. The second kappa shape index (κ2) is 4.39. The van der Waals surface area contributed by atoms with Crippen molar-refractivity contribution in [2.75, 3.05) is 0 Å². The van der Waals surface area contributed by atoms with Crippen molar-refractivity contribution in [1.29, 1.82) is 0 Å². The number of rotatable bonds is 2. The lowest BCUT2D eigenvalue weighted by molar-refractivity contribution is 0.596. The van der Waals surface area contributed by atoms with Crippen LogP contribution in [0.5, 0.6) is 0 Å². The molecule has 0 aliphatic rings. The van der Waals surface area contributed by atoms with E-state index in [2.05, 4.69) is 0 Å². The quantitative estimate of drug-likeness (QED) is 0.846. The van der Waals surface area contributed by atoms with Crippen molar-refractivity contribution < 1.29 is 16.8 Å². The van der Waals surface area contributed by atoms with Crippen molar-refractivity contribution in [2.45, 2.75) is 14.7 Å². The van der Waals surface area contributed by atoms with Gasteiger partial charge in [0.2, 0.25) is 20.0 Å². The molecule has 2 rings (SSSR count). The normalized spacial score (nSPS) is 12.7. The van der Waals surface area contributed by atoms with Crippen molar-refractivity contribution in [3.8, 4) is 0 Å². The lowest BCUT2D eigenvalue weighted by Crippen LogP contribution is -2.16. The number of hydrogen-bond donors (Lipinski definition) is 2. The molecule has 0 spiro atoms. The van der Waals surface area contributed by atoms with Crippen LogP contribution < -0.4 is 10.3 Å². The fourth-order valence-corrected chi connectivity index (χ4v) is 3.54. The third-order valence-electron chi connectivity index (χ3n) is 2.51. The Balaban J connectivity index is 3.07. The van der Waals surface area contributed by atoms with E-state index in [1.165, 1.54) is 18.2 Å². The number of fused-ring (bicyclic) bond motifs is 1. The van der Waals surface area contributed by atoms with Gasteiger partial charge >= 0.3 is 0 Å². The lowest BCUT2D eigenvalue weighted by atomic mass is 10.1. The van der Waals surface area contributed by atoms with Crippen LogP contribution >= 0.6 is 12.6 Å². The van der Waals surface area contributed by atoms with Crippen molar-refractivity contribution in [3.63, 3.8) is 0 Å². The summed E-state index contributed by atoms with van der Waals surface area (Å²) < 4.78 is 45.9. The maximum atomic E-state index is 11.6. The van der Waals surface area contributed by atoms with Gasteiger partial charge in [-0.1, -0.05) is 24.8 Å². The molecule has 2 aromatic carbocycles. The number of hydrogen-bond acceptors (Lipinski definition) is 4. The van der Waals surface area contributed by atoms with Crippen LogP contribution in [0.2, 0.25) is 0 Å². The highest BCUT2D eigenvalue weighted by Gasteiger charge is 2.19. The summed E-state index contributed by atoms with van der Waals surface area (Å²) in [6.07, 6.45) is 0. The summed E-state index contributed by atoms with van der Waals surface area (Å²) >= 11 is 5.05. The minimum atomic E-state index is -4.12. The fraction of sp³-hybridized carbons (Fsp3) is 0. The van der Waals surface area contributed by atoms with Gasteiger partial charge in [-0.15, -0.1) is 0 Å². The van der Waals surface area contributed by atoms with Gasteiger partial charge in [-0.25, -0.2) is 27.1 Å². The monoisotopic (exact) mass is 317 g/mol. The molecular weight excluding hydrogens is 308 g/mol. The molecule has 6 nitrogen and oxygen atoms in total.